The molecule has 1 aromatic rings. The van der Waals surface area contributed by atoms with E-state index in [2.05, 4.69) is 54.7 Å². The maximum atomic E-state index is 13.1. The molecule has 3 aliphatic rings. The molecule has 1 amide bonds. The molecule has 1 aliphatic carbocycles. The number of amides is 1. The van der Waals surface area contributed by atoms with Gasteiger partial charge in [-0.15, -0.1) is 0 Å². The number of nitrogens with one attached hydrogen (secondary N) is 1. The monoisotopic (exact) mass is 442 g/mol. The van der Waals surface area contributed by atoms with Gasteiger partial charge in [-0.2, -0.15) is 4.98 Å². The number of rotatable bonds is 5. The number of hydrogen-bond donors (Lipinski definition) is 1. The highest BCUT2D eigenvalue weighted by atomic mass is 16.2. The van der Waals surface area contributed by atoms with Crippen molar-refractivity contribution < 1.29 is 4.79 Å². The largest absolute Gasteiger partial charge is 0.351 e. The minimum Gasteiger partial charge on any atom is -0.351 e. The Labute approximate surface area is 194 Å². The molecule has 1 aromatic heterocycles. The van der Waals surface area contributed by atoms with Crippen LogP contribution in [0.2, 0.25) is 0 Å². The maximum absolute atomic E-state index is 13.1. The number of aromatic nitrogens is 2. The van der Waals surface area contributed by atoms with E-state index in [0.717, 1.165) is 43.9 Å². The van der Waals surface area contributed by atoms with Crippen molar-refractivity contribution in [1.29, 1.82) is 0 Å². The van der Waals surface area contributed by atoms with Crippen LogP contribution in [0.1, 0.15) is 79.6 Å². The van der Waals surface area contributed by atoms with Crippen molar-refractivity contribution in [2.75, 3.05) is 35.3 Å². The fraction of sp³-hybridized carbons (Fsp3) is 0.800. The van der Waals surface area contributed by atoms with Crippen LogP contribution in [-0.4, -0.2) is 64.6 Å². The highest BCUT2D eigenvalue weighted by molar-refractivity contribution is 6.04. The third kappa shape index (κ3) is 4.45. The predicted octanol–water partition coefficient (Wildman–Crippen LogP) is 4.29. The van der Waals surface area contributed by atoms with Gasteiger partial charge in [0, 0.05) is 24.7 Å². The summed E-state index contributed by atoms with van der Waals surface area (Å²) in [5.74, 6) is 2.40. The molecule has 2 aliphatic heterocycles. The molecule has 1 saturated heterocycles. The van der Waals surface area contributed by atoms with Gasteiger partial charge in [0.15, 0.2) is 5.82 Å². The van der Waals surface area contributed by atoms with Gasteiger partial charge in [-0.05, 0) is 78.8 Å². The number of piperidine rings is 1. The second-order valence-electron chi connectivity index (χ2n) is 11.0. The van der Waals surface area contributed by atoms with E-state index in [4.69, 9.17) is 4.98 Å². The first-order valence-corrected chi connectivity index (χ1v) is 12.6. The van der Waals surface area contributed by atoms with E-state index in [9.17, 15) is 4.79 Å². The molecule has 7 nitrogen and oxygen atoms in total. The summed E-state index contributed by atoms with van der Waals surface area (Å²) in [6, 6.07) is 0.593. The fourth-order valence-corrected chi connectivity index (χ4v) is 5.84. The number of likely N-dealkylation sites (N-methyl/N-ethyl adjacent to an activating group) is 1. The summed E-state index contributed by atoms with van der Waals surface area (Å²) in [4.78, 5) is 29.4. The Bertz CT molecular complexity index is 807. The summed E-state index contributed by atoms with van der Waals surface area (Å²) in [5, 5.41) is 3.61. The number of carbonyl (C=O) groups is 1. The van der Waals surface area contributed by atoms with Crippen molar-refractivity contribution in [2.45, 2.75) is 103 Å². The summed E-state index contributed by atoms with van der Waals surface area (Å²) >= 11 is 0. The summed E-state index contributed by atoms with van der Waals surface area (Å²) in [7, 11) is 1.86. The van der Waals surface area contributed by atoms with Crippen LogP contribution in [0.4, 0.5) is 17.5 Å². The average Bonchev–Trinajstić information content (AvgIpc) is 3.30. The second kappa shape index (κ2) is 9.16. The quantitative estimate of drug-likeness (QED) is 0.734. The van der Waals surface area contributed by atoms with Gasteiger partial charge in [0.05, 0.1) is 6.20 Å². The van der Waals surface area contributed by atoms with Crippen LogP contribution >= 0.6 is 0 Å². The Morgan fingerprint density at radius 2 is 1.81 bits per heavy atom. The molecule has 178 valence electrons. The molecule has 3 heterocycles. The molecule has 32 heavy (non-hydrogen) atoms. The highest BCUT2D eigenvalue weighted by Gasteiger charge is 2.41. The first-order chi connectivity index (χ1) is 15.2. The fourth-order valence-electron chi connectivity index (χ4n) is 5.84. The third-order valence-electron chi connectivity index (χ3n) is 7.96. The van der Waals surface area contributed by atoms with Crippen molar-refractivity contribution in [1.82, 2.24) is 14.9 Å². The summed E-state index contributed by atoms with van der Waals surface area (Å²) in [6.45, 7) is 13.6. The third-order valence-corrected chi connectivity index (χ3v) is 7.96. The molecular weight excluding hydrogens is 400 g/mol. The number of hydrogen-bond acceptors (Lipinski definition) is 6. The van der Waals surface area contributed by atoms with E-state index in [1.165, 1.54) is 25.7 Å². The Kier molecular flexibility index (Phi) is 6.66. The molecule has 7 heteroatoms. The van der Waals surface area contributed by atoms with Crippen LogP contribution in [0, 0.1) is 5.92 Å². The van der Waals surface area contributed by atoms with E-state index < -0.39 is 0 Å². The van der Waals surface area contributed by atoms with Crippen molar-refractivity contribution in [2.24, 2.45) is 5.92 Å². The Morgan fingerprint density at radius 1 is 1.16 bits per heavy atom. The molecule has 0 aromatic carbocycles. The molecule has 1 saturated carbocycles. The van der Waals surface area contributed by atoms with Crippen LogP contribution in [0.5, 0.6) is 0 Å². The van der Waals surface area contributed by atoms with Gasteiger partial charge in [-0.3, -0.25) is 9.69 Å². The van der Waals surface area contributed by atoms with E-state index >= 15 is 0 Å². The highest BCUT2D eigenvalue weighted by Crippen LogP contribution is 2.40. The van der Waals surface area contributed by atoms with Gasteiger partial charge in [0.2, 0.25) is 11.9 Å². The summed E-state index contributed by atoms with van der Waals surface area (Å²) in [6.07, 6.45) is 9.78. The smallest absolute Gasteiger partial charge is 0.249 e. The zero-order chi connectivity index (χ0) is 23.0. The van der Waals surface area contributed by atoms with Crippen LogP contribution in [-0.2, 0) is 4.79 Å². The van der Waals surface area contributed by atoms with Gasteiger partial charge >= 0.3 is 0 Å². The first kappa shape index (κ1) is 23.3. The molecule has 2 fully saturated rings. The molecule has 0 bridgehead atoms. The van der Waals surface area contributed by atoms with Gasteiger partial charge in [0.1, 0.15) is 11.7 Å². The van der Waals surface area contributed by atoms with Crippen LogP contribution in [0.15, 0.2) is 6.20 Å². The topological polar surface area (TPSA) is 64.6 Å². The van der Waals surface area contributed by atoms with Gasteiger partial charge in [-0.1, -0.05) is 19.8 Å². The van der Waals surface area contributed by atoms with Gasteiger partial charge in [0.25, 0.3) is 0 Å². The first-order valence-electron chi connectivity index (χ1n) is 12.6. The van der Waals surface area contributed by atoms with Gasteiger partial charge in [-0.25, -0.2) is 4.98 Å². The van der Waals surface area contributed by atoms with E-state index in [1.807, 2.05) is 13.2 Å². The van der Waals surface area contributed by atoms with E-state index in [-0.39, 0.29) is 17.5 Å². The lowest BCUT2D eigenvalue weighted by atomic mass is 9.88. The normalized spacial score (nSPS) is 24.7. The Morgan fingerprint density at radius 3 is 2.41 bits per heavy atom. The second-order valence-corrected chi connectivity index (χ2v) is 11.0. The number of nitrogens with zero attached hydrogens (tertiary/aromatic N) is 5. The number of likely N-dealkylation sites (tertiary alicyclic amines) is 1. The average molecular weight is 443 g/mol. The molecule has 2 atom stereocenters. The van der Waals surface area contributed by atoms with Crippen molar-refractivity contribution in [3.8, 4) is 0 Å². The lowest BCUT2D eigenvalue weighted by Gasteiger charge is -2.44. The van der Waals surface area contributed by atoms with Crippen LogP contribution < -0.4 is 15.1 Å². The molecular formula is C25H42N6O. The number of carbonyl (C=O) groups excluding carboxylic acids is 1. The summed E-state index contributed by atoms with van der Waals surface area (Å²) in [5.41, 5.74) is 1.08. The number of anilines is 3. The van der Waals surface area contributed by atoms with E-state index in [1.54, 1.807) is 4.90 Å². The SMILES string of the molecule is CCC1C(=O)N(C)c2cnc(NC(C)C3CCN(C(C)(C)C)CC3)nc2N1C1CCCC1. The molecule has 2 unspecified atom stereocenters. The Balaban J connectivity index is 1.52. The zero-order valence-corrected chi connectivity index (χ0v) is 20.9. The predicted molar refractivity (Wildman–Crippen MR) is 131 cm³/mol. The number of fused-ring (bicyclic) bond motifs is 1. The minimum absolute atomic E-state index is 0.127. The van der Waals surface area contributed by atoms with Crippen LogP contribution in [0.3, 0.4) is 0 Å². The molecule has 0 radical (unpaired) electrons. The van der Waals surface area contributed by atoms with E-state index in [0.29, 0.717) is 23.9 Å². The summed E-state index contributed by atoms with van der Waals surface area (Å²) < 4.78 is 0. The maximum Gasteiger partial charge on any atom is 0.249 e. The van der Waals surface area contributed by atoms with Crippen molar-refractivity contribution >= 4 is 23.4 Å². The molecule has 4 rings (SSSR count). The zero-order valence-electron chi connectivity index (χ0n) is 20.9. The molecule has 0 spiro atoms. The van der Waals surface area contributed by atoms with Crippen molar-refractivity contribution in [3.63, 3.8) is 0 Å². The lowest BCUT2D eigenvalue weighted by molar-refractivity contribution is -0.120. The Hall–Kier alpha value is -1.89. The molecule has 1 N–H and O–H groups in total. The van der Waals surface area contributed by atoms with Crippen molar-refractivity contribution in [3.05, 3.63) is 6.20 Å². The van der Waals surface area contributed by atoms with Crippen LogP contribution in [0.25, 0.3) is 0 Å². The minimum atomic E-state index is -0.127. The van der Waals surface area contributed by atoms with Gasteiger partial charge < -0.3 is 15.1 Å². The lowest BCUT2D eigenvalue weighted by Crippen LogP contribution is -2.55. The standard InChI is InChI=1S/C25H42N6O/c1-7-20-23(32)29(6)21-16-26-24(28-22(21)31(20)19-10-8-9-11-19)27-17(2)18-12-14-30(15-13-18)25(3,4)5/h16-20H,7-15H2,1-6H3,(H,26,27,28).